The highest BCUT2D eigenvalue weighted by atomic mass is 31.1. The number of likely N-dealkylation sites (tertiary alicyclic amines) is 1. The van der Waals surface area contributed by atoms with Crippen LogP contribution in [0.5, 0.6) is 0 Å². The van der Waals surface area contributed by atoms with Crippen molar-refractivity contribution < 1.29 is 23.9 Å². The van der Waals surface area contributed by atoms with Crippen molar-refractivity contribution in [2.24, 2.45) is 10.8 Å². The van der Waals surface area contributed by atoms with Gasteiger partial charge in [0.25, 0.3) is 0 Å². The molecule has 0 aromatic rings. The molecule has 0 saturated carbocycles. The SMILES string of the molecule is CC(=O)N1C[C@](C)(CO[PH](=O)O)[C@](C)(CO)C1. The van der Waals surface area contributed by atoms with E-state index in [-0.39, 0.29) is 19.1 Å². The van der Waals surface area contributed by atoms with Gasteiger partial charge in [0.05, 0.1) is 13.2 Å². The molecule has 0 aromatic carbocycles. The van der Waals surface area contributed by atoms with Gasteiger partial charge in [-0.3, -0.25) is 9.36 Å². The molecule has 0 aromatic heterocycles. The van der Waals surface area contributed by atoms with Crippen LogP contribution in [0.15, 0.2) is 0 Å². The molecule has 1 aliphatic rings. The Bertz CT molecular complexity index is 337. The fraction of sp³-hybridized carbons (Fsp3) is 0.900. The van der Waals surface area contributed by atoms with Crippen LogP contribution in [-0.4, -0.2) is 47.1 Å². The van der Waals surface area contributed by atoms with Crippen molar-refractivity contribution in [2.45, 2.75) is 20.8 Å². The molecule has 1 amide bonds. The summed E-state index contributed by atoms with van der Waals surface area (Å²) in [5.41, 5.74) is -1.04. The predicted octanol–water partition coefficient (Wildman–Crippen LogP) is 0.252. The number of hydrogen-bond donors (Lipinski definition) is 2. The highest BCUT2D eigenvalue weighted by Crippen LogP contribution is 2.46. The highest BCUT2D eigenvalue weighted by Gasteiger charge is 2.52. The van der Waals surface area contributed by atoms with Crippen LogP contribution in [0.25, 0.3) is 0 Å². The van der Waals surface area contributed by atoms with E-state index in [1.807, 2.05) is 13.8 Å². The van der Waals surface area contributed by atoms with E-state index in [2.05, 4.69) is 0 Å². The molecule has 1 heterocycles. The first-order valence-electron chi connectivity index (χ1n) is 5.46. The predicted molar refractivity (Wildman–Crippen MR) is 62.7 cm³/mol. The molecule has 6 nitrogen and oxygen atoms in total. The Morgan fingerprint density at radius 3 is 2.35 bits per heavy atom. The molecule has 0 spiro atoms. The minimum atomic E-state index is -2.99. The van der Waals surface area contributed by atoms with E-state index in [0.717, 1.165) is 0 Å². The topological polar surface area (TPSA) is 87.1 Å². The van der Waals surface area contributed by atoms with Crippen molar-refractivity contribution in [1.29, 1.82) is 0 Å². The number of aliphatic hydroxyl groups is 1. The molecule has 1 rings (SSSR count). The Morgan fingerprint density at radius 1 is 1.41 bits per heavy atom. The molecule has 7 heteroatoms. The van der Waals surface area contributed by atoms with Gasteiger partial charge in [0, 0.05) is 30.8 Å². The lowest BCUT2D eigenvalue weighted by Crippen LogP contribution is -2.42. The van der Waals surface area contributed by atoms with Crippen LogP contribution in [0.2, 0.25) is 0 Å². The molecule has 1 unspecified atom stereocenters. The average Bonchev–Trinajstić information content (AvgIpc) is 2.51. The first kappa shape index (κ1) is 14.6. The lowest BCUT2D eigenvalue weighted by atomic mass is 9.69. The summed E-state index contributed by atoms with van der Waals surface area (Å²) in [5, 5.41) is 9.50. The van der Waals surface area contributed by atoms with Crippen LogP contribution in [-0.2, 0) is 13.9 Å². The van der Waals surface area contributed by atoms with Crippen LogP contribution >= 0.6 is 8.25 Å². The third kappa shape index (κ3) is 2.88. The van der Waals surface area contributed by atoms with Gasteiger partial charge in [0.15, 0.2) is 0 Å². The van der Waals surface area contributed by atoms with E-state index in [9.17, 15) is 14.5 Å². The molecule has 1 aliphatic heterocycles. The molecule has 17 heavy (non-hydrogen) atoms. The van der Waals surface area contributed by atoms with Crippen molar-refractivity contribution >= 4 is 14.2 Å². The van der Waals surface area contributed by atoms with Gasteiger partial charge in [-0.1, -0.05) is 13.8 Å². The van der Waals surface area contributed by atoms with Crippen molar-refractivity contribution in [2.75, 3.05) is 26.3 Å². The average molecular weight is 265 g/mol. The maximum absolute atomic E-state index is 11.4. The first-order chi connectivity index (χ1) is 7.74. The summed E-state index contributed by atoms with van der Waals surface area (Å²) in [7, 11) is -2.99. The molecule has 1 fully saturated rings. The second kappa shape index (κ2) is 5.06. The van der Waals surface area contributed by atoms with Crippen molar-refractivity contribution in [3.05, 3.63) is 0 Å². The zero-order valence-corrected chi connectivity index (χ0v) is 11.4. The highest BCUT2D eigenvalue weighted by molar-refractivity contribution is 7.32. The molecule has 3 atom stereocenters. The van der Waals surface area contributed by atoms with Crippen molar-refractivity contribution in [3.8, 4) is 0 Å². The van der Waals surface area contributed by atoms with Crippen LogP contribution in [0.4, 0.5) is 0 Å². The molecule has 100 valence electrons. The third-order valence-corrected chi connectivity index (χ3v) is 4.24. The molecule has 0 aliphatic carbocycles. The van der Waals surface area contributed by atoms with Gasteiger partial charge < -0.3 is 19.4 Å². The lowest BCUT2D eigenvalue weighted by Gasteiger charge is -2.37. The first-order valence-corrected chi connectivity index (χ1v) is 6.72. The normalized spacial score (nSPS) is 35.0. The van der Waals surface area contributed by atoms with Gasteiger partial charge in [-0.2, -0.15) is 0 Å². The second-order valence-electron chi connectivity index (χ2n) is 5.21. The van der Waals surface area contributed by atoms with E-state index in [0.29, 0.717) is 13.1 Å². The largest absolute Gasteiger partial charge is 0.396 e. The number of aliphatic hydroxyl groups excluding tert-OH is 1. The number of carbonyl (C=O) groups is 1. The molecule has 0 radical (unpaired) electrons. The summed E-state index contributed by atoms with van der Waals surface area (Å²) in [6.45, 7) is 6.01. The summed E-state index contributed by atoms with van der Waals surface area (Å²) >= 11 is 0. The van der Waals surface area contributed by atoms with E-state index < -0.39 is 19.1 Å². The number of amides is 1. The van der Waals surface area contributed by atoms with Crippen LogP contribution in [0.3, 0.4) is 0 Å². The Kier molecular flexibility index (Phi) is 4.36. The molecular formula is C10H20NO5P. The van der Waals surface area contributed by atoms with E-state index >= 15 is 0 Å². The van der Waals surface area contributed by atoms with Gasteiger partial charge in [0.2, 0.25) is 5.91 Å². The Morgan fingerprint density at radius 2 is 1.94 bits per heavy atom. The monoisotopic (exact) mass is 265 g/mol. The van der Waals surface area contributed by atoms with E-state index in [4.69, 9.17) is 9.42 Å². The van der Waals surface area contributed by atoms with Crippen molar-refractivity contribution in [3.63, 3.8) is 0 Å². The lowest BCUT2D eigenvalue weighted by molar-refractivity contribution is -0.128. The summed E-state index contributed by atoms with van der Waals surface area (Å²) < 4.78 is 15.4. The smallest absolute Gasteiger partial charge is 0.316 e. The summed E-state index contributed by atoms with van der Waals surface area (Å²) in [6, 6.07) is 0. The van der Waals surface area contributed by atoms with E-state index in [1.165, 1.54) is 6.92 Å². The molecular weight excluding hydrogens is 245 g/mol. The van der Waals surface area contributed by atoms with E-state index in [1.54, 1.807) is 4.90 Å². The number of carbonyl (C=O) groups excluding carboxylic acids is 1. The second-order valence-corrected chi connectivity index (χ2v) is 6.03. The zero-order chi connectivity index (χ0) is 13.3. The summed E-state index contributed by atoms with van der Waals surface area (Å²) in [6.07, 6.45) is 0. The van der Waals surface area contributed by atoms with Gasteiger partial charge in [-0.15, -0.1) is 0 Å². The zero-order valence-electron chi connectivity index (χ0n) is 10.4. The quantitative estimate of drug-likeness (QED) is 0.712. The maximum Gasteiger partial charge on any atom is 0.316 e. The van der Waals surface area contributed by atoms with Crippen LogP contribution < -0.4 is 0 Å². The summed E-state index contributed by atoms with van der Waals surface area (Å²) in [4.78, 5) is 21.7. The third-order valence-electron chi connectivity index (χ3n) is 3.85. The Balaban J connectivity index is 2.87. The minimum absolute atomic E-state index is 0.0577. The minimum Gasteiger partial charge on any atom is -0.396 e. The van der Waals surface area contributed by atoms with Crippen molar-refractivity contribution in [1.82, 2.24) is 4.90 Å². The van der Waals surface area contributed by atoms with Gasteiger partial charge in [-0.05, 0) is 0 Å². The standard InChI is InChI=1S/C10H20NO5P/c1-8(13)11-4-9(2,6-12)10(3,5-11)7-16-17(14)15/h12,17H,4-7H2,1-3H3,(H,14,15)/t9-,10+/m0/s1. The molecule has 2 N–H and O–H groups in total. The van der Waals surface area contributed by atoms with Crippen LogP contribution in [0.1, 0.15) is 20.8 Å². The Labute approximate surface area is 102 Å². The molecule has 1 saturated heterocycles. The molecule has 0 bridgehead atoms. The Hall–Kier alpha value is -0.420. The fourth-order valence-corrected chi connectivity index (χ4v) is 2.63. The maximum atomic E-state index is 11.4. The fourth-order valence-electron chi connectivity index (χ4n) is 2.18. The number of nitrogens with zero attached hydrogens (tertiary/aromatic N) is 1. The van der Waals surface area contributed by atoms with Gasteiger partial charge in [-0.25, -0.2) is 0 Å². The van der Waals surface area contributed by atoms with Gasteiger partial charge >= 0.3 is 8.25 Å². The number of rotatable bonds is 4. The van der Waals surface area contributed by atoms with Crippen LogP contribution in [0, 0.1) is 10.8 Å². The number of hydrogen-bond acceptors (Lipinski definition) is 4. The summed E-state index contributed by atoms with van der Waals surface area (Å²) in [5.74, 6) is -0.0648. The van der Waals surface area contributed by atoms with Gasteiger partial charge in [0.1, 0.15) is 0 Å².